The van der Waals surface area contributed by atoms with Crippen molar-refractivity contribution >= 4 is 11.6 Å². The number of nitriles is 1. The van der Waals surface area contributed by atoms with Crippen LogP contribution in [0, 0.1) is 32.1 Å². The summed E-state index contributed by atoms with van der Waals surface area (Å²) in [5.74, 6) is -0.498. The number of carboxylic acid groups (broad SMARTS) is 1. The molecule has 0 fully saturated rings. The Morgan fingerprint density at radius 1 is 1.28 bits per heavy atom. The van der Waals surface area contributed by atoms with Crippen LogP contribution in [-0.4, -0.2) is 27.6 Å². The predicted molar refractivity (Wildman–Crippen MR) is 93.1 cm³/mol. The number of hydrogen-bond acceptors (Lipinski definition) is 4. The van der Waals surface area contributed by atoms with Gasteiger partial charge in [-0.05, 0) is 38.5 Å². The molecular weight excluding hydrogens is 318 g/mol. The molecule has 25 heavy (non-hydrogen) atoms. The van der Waals surface area contributed by atoms with Crippen molar-refractivity contribution in [2.24, 2.45) is 0 Å². The molecular formula is C19H17N3O3. The van der Waals surface area contributed by atoms with Gasteiger partial charge in [0.05, 0.1) is 12.8 Å². The molecule has 1 aromatic carbocycles. The summed E-state index contributed by atoms with van der Waals surface area (Å²) in [7, 11) is 1.57. The average molecular weight is 335 g/mol. The number of fused-ring (bicyclic) bond motifs is 1. The monoisotopic (exact) mass is 335 g/mol. The SMILES string of the molecule is COc1ccc(C)c(-c2c(C(=O)O)c(C#N)c3nc(C)ccn23)c1C. The first kappa shape index (κ1) is 16.5. The van der Waals surface area contributed by atoms with Crippen LogP contribution in [-0.2, 0) is 0 Å². The van der Waals surface area contributed by atoms with Crippen LogP contribution in [0.4, 0.5) is 0 Å². The summed E-state index contributed by atoms with van der Waals surface area (Å²) in [4.78, 5) is 16.4. The highest BCUT2D eigenvalue weighted by molar-refractivity contribution is 6.02. The molecule has 0 unspecified atom stereocenters. The number of ether oxygens (including phenoxy) is 1. The van der Waals surface area contributed by atoms with Crippen LogP contribution in [0.2, 0.25) is 0 Å². The Labute approximate surface area is 144 Å². The maximum atomic E-state index is 12.0. The number of carboxylic acids is 1. The smallest absolute Gasteiger partial charge is 0.339 e. The summed E-state index contributed by atoms with van der Waals surface area (Å²) in [6.45, 7) is 5.58. The van der Waals surface area contributed by atoms with Gasteiger partial charge in [-0.25, -0.2) is 9.78 Å². The van der Waals surface area contributed by atoms with Crippen molar-refractivity contribution in [2.45, 2.75) is 20.8 Å². The first-order chi connectivity index (χ1) is 11.9. The minimum atomic E-state index is -1.16. The fraction of sp³-hybridized carbons (Fsp3) is 0.211. The van der Waals surface area contributed by atoms with Gasteiger partial charge in [0.15, 0.2) is 5.65 Å². The normalized spacial score (nSPS) is 10.7. The van der Waals surface area contributed by atoms with Crippen molar-refractivity contribution in [3.63, 3.8) is 0 Å². The minimum absolute atomic E-state index is 0.0416. The third kappa shape index (κ3) is 2.41. The van der Waals surface area contributed by atoms with E-state index >= 15 is 0 Å². The molecule has 3 rings (SSSR count). The summed E-state index contributed by atoms with van der Waals surface area (Å²) in [6.07, 6.45) is 1.75. The third-order valence-corrected chi connectivity index (χ3v) is 4.33. The summed E-state index contributed by atoms with van der Waals surface area (Å²) < 4.78 is 7.06. The van der Waals surface area contributed by atoms with E-state index in [1.54, 1.807) is 30.7 Å². The van der Waals surface area contributed by atoms with E-state index in [1.807, 2.05) is 32.0 Å². The number of benzene rings is 1. The number of rotatable bonds is 3. The van der Waals surface area contributed by atoms with E-state index in [2.05, 4.69) is 4.98 Å². The Kier molecular flexibility index (Phi) is 3.93. The molecule has 1 N–H and O–H groups in total. The van der Waals surface area contributed by atoms with Gasteiger partial charge in [0.2, 0.25) is 0 Å². The number of carbonyl (C=O) groups is 1. The van der Waals surface area contributed by atoms with E-state index in [9.17, 15) is 15.2 Å². The van der Waals surface area contributed by atoms with Gasteiger partial charge in [0.25, 0.3) is 0 Å². The molecule has 0 amide bonds. The maximum absolute atomic E-state index is 12.0. The van der Waals surface area contributed by atoms with Crippen molar-refractivity contribution in [1.29, 1.82) is 5.26 Å². The number of aromatic nitrogens is 2. The molecule has 0 aliphatic heterocycles. The molecule has 6 nitrogen and oxygen atoms in total. The fourth-order valence-corrected chi connectivity index (χ4v) is 3.19. The number of hydrogen-bond donors (Lipinski definition) is 1. The first-order valence-corrected chi connectivity index (χ1v) is 7.70. The van der Waals surface area contributed by atoms with E-state index in [0.717, 1.165) is 16.7 Å². The zero-order valence-electron chi connectivity index (χ0n) is 14.4. The third-order valence-electron chi connectivity index (χ3n) is 4.33. The van der Waals surface area contributed by atoms with Gasteiger partial charge in [-0.2, -0.15) is 5.26 Å². The fourth-order valence-electron chi connectivity index (χ4n) is 3.19. The minimum Gasteiger partial charge on any atom is -0.496 e. The van der Waals surface area contributed by atoms with Gasteiger partial charge < -0.3 is 9.84 Å². The summed E-state index contributed by atoms with van der Waals surface area (Å²) in [5, 5.41) is 19.4. The average Bonchev–Trinajstić information content (AvgIpc) is 2.88. The molecule has 0 atom stereocenters. The van der Waals surface area contributed by atoms with Gasteiger partial charge in [-0.15, -0.1) is 0 Å². The Morgan fingerprint density at radius 2 is 2.00 bits per heavy atom. The molecule has 126 valence electrons. The number of aryl methyl sites for hydroxylation is 2. The van der Waals surface area contributed by atoms with Gasteiger partial charge >= 0.3 is 5.97 Å². The number of nitrogens with zero attached hydrogens (tertiary/aromatic N) is 3. The lowest BCUT2D eigenvalue weighted by Crippen LogP contribution is -2.03. The summed E-state index contributed by atoms with van der Waals surface area (Å²) in [6, 6.07) is 7.52. The molecule has 0 aliphatic rings. The van der Waals surface area contributed by atoms with Crippen molar-refractivity contribution in [3.8, 4) is 23.1 Å². The zero-order chi connectivity index (χ0) is 18.3. The van der Waals surface area contributed by atoms with Gasteiger partial charge in [-0.3, -0.25) is 4.40 Å². The second kappa shape index (κ2) is 5.95. The van der Waals surface area contributed by atoms with E-state index in [1.165, 1.54) is 0 Å². The Balaban J connectivity index is 2.56. The molecule has 3 aromatic rings. The lowest BCUT2D eigenvalue weighted by Gasteiger charge is -2.15. The highest BCUT2D eigenvalue weighted by atomic mass is 16.5. The van der Waals surface area contributed by atoms with Crippen LogP contribution < -0.4 is 4.74 Å². The molecule has 0 saturated heterocycles. The zero-order valence-corrected chi connectivity index (χ0v) is 14.4. The van der Waals surface area contributed by atoms with Gasteiger partial charge in [0.1, 0.15) is 22.9 Å². The van der Waals surface area contributed by atoms with Crippen LogP contribution in [0.15, 0.2) is 24.4 Å². The largest absolute Gasteiger partial charge is 0.496 e. The van der Waals surface area contributed by atoms with Gasteiger partial charge in [-0.1, -0.05) is 6.07 Å². The Bertz CT molecular complexity index is 1060. The van der Waals surface area contributed by atoms with Crippen LogP contribution in [0.5, 0.6) is 5.75 Å². The highest BCUT2D eigenvalue weighted by Gasteiger charge is 2.28. The number of aromatic carboxylic acids is 1. The first-order valence-electron chi connectivity index (χ1n) is 7.70. The Hall–Kier alpha value is -3.33. The second-order valence-corrected chi connectivity index (χ2v) is 5.86. The molecule has 2 heterocycles. The van der Waals surface area contributed by atoms with Crippen molar-refractivity contribution < 1.29 is 14.6 Å². The molecule has 0 aliphatic carbocycles. The summed E-state index contributed by atoms with van der Waals surface area (Å²) >= 11 is 0. The maximum Gasteiger partial charge on any atom is 0.339 e. The molecule has 0 saturated carbocycles. The standard InChI is InChI=1S/C19H17N3O3/c1-10-5-6-14(25-4)12(3)15(10)17-16(19(23)24)13(9-20)18-21-11(2)7-8-22(17)18/h5-8H,1-4H3,(H,23,24). The second-order valence-electron chi connectivity index (χ2n) is 5.86. The highest BCUT2D eigenvalue weighted by Crippen LogP contribution is 2.38. The van der Waals surface area contributed by atoms with E-state index in [4.69, 9.17) is 4.74 Å². The molecule has 2 aromatic heterocycles. The van der Waals surface area contributed by atoms with E-state index < -0.39 is 5.97 Å². The van der Waals surface area contributed by atoms with Crippen LogP contribution >= 0.6 is 0 Å². The number of methoxy groups -OCH3 is 1. The van der Waals surface area contributed by atoms with Crippen LogP contribution in [0.25, 0.3) is 16.9 Å². The quantitative estimate of drug-likeness (QED) is 0.791. The Morgan fingerprint density at radius 3 is 2.60 bits per heavy atom. The van der Waals surface area contributed by atoms with Crippen LogP contribution in [0.1, 0.15) is 32.7 Å². The van der Waals surface area contributed by atoms with Crippen molar-refractivity contribution in [1.82, 2.24) is 9.38 Å². The molecule has 6 heteroatoms. The van der Waals surface area contributed by atoms with E-state index in [0.29, 0.717) is 22.8 Å². The molecule has 0 spiro atoms. The topological polar surface area (TPSA) is 87.6 Å². The van der Waals surface area contributed by atoms with E-state index in [-0.39, 0.29) is 11.1 Å². The molecule has 0 radical (unpaired) electrons. The summed E-state index contributed by atoms with van der Waals surface area (Å²) in [5.41, 5.74) is 3.97. The lowest BCUT2D eigenvalue weighted by molar-refractivity contribution is 0.0697. The van der Waals surface area contributed by atoms with Crippen LogP contribution in [0.3, 0.4) is 0 Å². The van der Waals surface area contributed by atoms with Gasteiger partial charge in [0, 0.05) is 23.0 Å². The molecule has 0 bridgehead atoms. The van der Waals surface area contributed by atoms with Crippen molar-refractivity contribution in [2.75, 3.05) is 7.11 Å². The lowest BCUT2D eigenvalue weighted by atomic mass is 9.95. The predicted octanol–water partition coefficient (Wildman–Crippen LogP) is 3.51. The van der Waals surface area contributed by atoms with Crippen molar-refractivity contribution in [3.05, 3.63) is 52.3 Å².